The van der Waals surface area contributed by atoms with Gasteiger partial charge in [-0.05, 0) is 24.0 Å². The van der Waals surface area contributed by atoms with E-state index in [-0.39, 0.29) is 0 Å². The molecule has 1 heterocycles. The minimum atomic E-state index is -0.418. The quantitative estimate of drug-likeness (QED) is 0.819. The molecule has 1 unspecified atom stereocenters. The van der Waals surface area contributed by atoms with Crippen molar-refractivity contribution < 1.29 is 5.11 Å². The highest BCUT2D eigenvalue weighted by Crippen LogP contribution is 2.27. The third-order valence-electron chi connectivity index (χ3n) is 4.21. The second-order valence-electron chi connectivity index (χ2n) is 6.88. The number of aliphatic hydroxyl groups is 1. The molecule has 0 aliphatic heterocycles. The molecule has 0 saturated carbocycles. The monoisotopic (exact) mass is 330 g/mol. The molecule has 0 aliphatic rings. The fourth-order valence-electron chi connectivity index (χ4n) is 3.02. The van der Waals surface area contributed by atoms with Gasteiger partial charge in [0.25, 0.3) is 0 Å². The number of hydrogen-bond acceptors (Lipinski definition) is 4. The summed E-state index contributed by atoms with van der Waals surface area (Å²) in [6.45, 7) is 7.72. The molecule has 2 N–H and O–H groups in total. The summed E-state index contributed by atoms with van der Waals surface area (Å²) in [6.07, 6.45) is -0.418. The van der Waals surface area contributed by atoms with Crippen LogP contribution in [0.2, 0.25) is 0 Å². The van der Waals surface area contributed by atoms with Gasteiger partial charge in [0.15, 0.2) is 0 Å². The third-order valence-corrected chi connectivity index (χ3v) is 4.21. The first kappa shape index (κ1) is 18.5. The van der Waals surface area contributed by atoms with Crippen LogP contribution in [0.5, 0.6) is 0 Å². The lowest BCUT2D eigenvalue weighted by molar-refractivity contribution is 0.199. The lowest BCUT2D eigenvalue weighted by atomic mass is 10.0. The van der Waals surface area contributed by atoms with Gasteiger partial charge >= 0.3 is 0 Å². The highest BCUT2D eigenvalue weighted by molar-refractivity contribution is 5.50. The standard InChI is InChI=1S/C19H30N4O/c1-13(2)18-17(19(22(4)5)23(6)21-18)12-20-11-15-7-9-16(10-8-15)14(3)24/h7-10,13-14,20,24H,11-12H2,1-6H3. The number of aromatic nitrogens is 2. The fraction of sp³-hybridized carbons (Fsp3) is 0.526. The zero-order valence-electron chi connectivity index (χ0n) is 15.7. The van der Waals surface area contributed by atoms with E-state index in [9.17, 15) is 5.11 Å². The van der Waals surface area contributed by atoms with Gasteiger partial charge in [-0.25, -0.2) is 0 Å². The van der Waals surface area contributed by atoms with Gasteiger partial charge in [0, 0.05) is 39.8 Å². The lowest BCUT2D eigenvalue weighted by Gasteiger charge is -2.16. The summed E-state index contributed by atoms with van der Waals surface area (Å²) in [5.74, 6) is 1.54. The molecule has 132 valence electrons. The average Bonchev–Trinajstić information content (AvgIpc) is 2.85. The van der Waals surface area contributed by atoms with Gasteiger partial charge in [0.2, 0.25) is 0 Å². The highest BCUT2D eigenvalue weighted by atomic mass is 16.3. The van der Waals surface area contributed by atoms with Gasteiger partial charge in [0.05, 0.1) is 11.8 Å². The Morgan fingerprint density at radius 3 is 2.25 bits per heavy atom. The van der Waals surface area contributed by atoms with Crippen molar-refractivity contribution >= 4 is 5.82 Å². The van der Waals surface area contributed by atoms with Gasteiger partial charge < -0.3 is 15.3 Å². The van der Waals surface area contributed by atoms with Gasteiger partial charge in [-0.3, -0.25) is 4.68 Å². The summed E-state index contributed by atoms with van der Waals surface area (Å²) in [5.41, 5.74) is 4.57. The van der Waals surface area contributed by atoms with Crippen molar-refractivity contribution in [2.24, 2.45) is 7.05 Å². The molecule has 0 fully saturated rings. The topological polar surface area (TPSA) is 53.3 Å². The Balaban J connectivity index is 2.08. The van der Waals surface area contributed by atoms with Crippen molar-refractivity contribution in [3.8, 4) is 0 Å². The first-order chi connectivity index (χ1) is 11.3. The largest absolute Gasteiger partial charge is 0.389 e. The van der Waals surface area contributed by atoms with E-state index >= 15 is 0 Å². The number of nitrogens with zero attached hydrogens (tertiary/aromatic N) is 3. The molecule has 1 aromatic carbocycles. The molecule has 1 atom stereocenters. The Hall–Kier alpha value is -1.85. The summed E-state index contributed by atoms with van der Waals surface area (Å²) < 4.78 is 1.96. The number of aryl methyl sites for hydroxylation is 1. The lowest BCUT2D eigenvalue weighted by Crippen LogP contribution is -2.19. The highest BCUT2D eigenvalue weighted by Gasteiger charge is 2.19. The van der Waals surface area contributed by atoms with Gasteiger partial charge in [-0.2, -0.15) is 5.10 Å². The maximum atomic E-state index is 9.58. The number of nitrogens with one attached hydrogen (secondary N) is 1. The van der Waals surface area contributed by atoms with E-state index in [1.54, 1.807) is 6.92 Å². The van der Waals surface area contributed by atoms with Crippen LogP contribution in [0, 0.1) is 0 Å². The third kappa shape index (κ3) is 4.16. The molecule has 2 rings (SSSR count). The van der Waals surface area contributed by atoms with E-state index in [0.717, 1.165) is 30.2 Å². The van der Waals surface area contributed by atoms with E-state index < -0.39 is 6.10 Å². The van der Waals surface area contributed by atoms with Crippen molar-refractivity contribution in [2.75, 3.05) is 19.0 Å². The van der Waals surface area contributed by atoms with Crippen LogP contribution in [-0.4, -0.2) is 29.0 Å². The molecule has 0 bridgehead atoms. The minimum Gasteiger partial charge on any atom is -0.389 e. The number of benzene rings is 1. The molecule has 0 aliphatic carbocycles. The SMILES string of the molecule is CC(C)c1nn(C)c(N(C)C)c1CNCc1ccc(C(C)O)cc1. The van der Waals surface area contributed by atoms with Crippen LogP contribution in [0.25, 0.3) is 0 Å². The minimum absolute atomic E-state index is 0.395. The van der Waals surface area contributed by atoms with Gasteiger partial charge in [-0.15, -0.1) is 0 Å². The van der Waals surface area contributed by atoms with E-state index in [2.05, 4.69) is 50.3 Å². The number of rotatable bonds is 7. The second kappa shape index (κ2) is 7.81. The first-order valence-corrected chi connectivity index (χ1v) is 8.52. The van der Waals surface area contributed by atoms with Crippen LogP contribution in [-0.2, 0) is 20.1 Å². The van der Waals surface area contributed by atoms with E-state index in [0.29, 0.717) is 5.92 Å². The van der Waals surface area contributed by atoms with Crippen molar-refractivity contribution in [3.05, 3.63) is 46.6 Å². The number of anilines is 1. The number of aliphatic hydroxyl groups excluding tert-OH is 1. The normalized spacial score (nSPS) is 12.7. The molecular weight excluding hydrogens is 300 g/mol. The summed E-state index contributed by atoms with van der Waals surface area (Å²) in [6, 6.07) is 8.09. The summed E-state index contributed by atoms with van der Waals surface area (Å²) >= 11 is 0. The Morgan fingerprint density at radius 1 is 1.12 bits per heavy atom. The van der Waals surface area contributed by atoms with Crippen LogP contribution in [0.3, 0.4) is 0 Å². The molecule has 1 aromatic heterocycles. The van der Waals surface area contributed by atoms with Crippen LogP contribution in [0.1, 0.15) is 55.2 Å². The smallest absolute Gasteiger partial charge is 0.130 e. The summed E-state index contributed by atoms with van der Waals surface area (Å²) in [5, 5.41) is 17.8. The molecule has 2 aromatic rings. The van der Waals surface area contributed by atoms with Crippen molar-refractivity contribution in [1.82, 2.24) is 15.1 Å². The summed E-state index contributed by atoms with van der Waals surface area (Å²) in [4.78, 5) is 2.12. The molecule has 0 radical (unpaired) electrons. The van der Waals surface area contributed by atoms with E-state index in [1.165, 1.54) is 11.1 Å². The van der Waals surface area contributed by atoms with Crippen LogP contribution < -0.4 is 10.2 Å². The zero-order chi connectivity index (χ0) is 17.9. The Labute approximate surface area is 145 Å². The molecular formula is C19H30N4O. The van der Waals surface area contributed by atoms with Crippen LogP contribution >= 0.6 is 0 Å². The summed E-state index contributed by atoms with van der Waals surface area (Å²) in [7, 11) is 6.11. The molecule has 0 spiro atoms. The maximum absolute atomic E-state index is 9.58. The Kier molecular flexibility index (Phi) is 6.02. The van der Waals surface area contributed by atoms with Gasteiger partial charge in [-0.1, -0.05) is 38.1 Å². The van der Waals surface area contributed by atoms with Crippen molar-refractivity contribution in [2.45, 2.75) is 45.9 Å². The van der Waals surface area contributed by atoms with Crippen molar-refractivity contribution in [1.29, 1.82) is 0 Å². The predicted octanol–water partition coefficient (Wildman–Crippen LogP) is 2.95. The Bertz CT molecular complexity index is 657. The predicted molar refractivity (Wildman–Crippen MR) is 99.2 cm³/mol. The molecule has 0 amide bonds. The van der Waals surface area contributed by atoms with Gasteiger partial charge in [0.1, 0.15) is 5.82 Å². The zero-order valence-corrected chi connectivity index (χ0v) is 15.7. The first-order valence-electron chi connectivity index (χ1n) is 8.52. The molecule has 24 heavy (non-hydrogen) atoms. The molecule has 5 heteroatoms. The van der Waals surface area contributed by atoms with Crippen LogP contribution in [0.15, 0.2) is 24.3 Å². The second-order valence-corrected chi connectivity index (χ2v) is 6.88. The van der Waals surface area contributed by atoms with E-state index in [4.69, 9.17) is 5.10 Å². The molecule has 5 nitrogen and oxygen atoms in total. The maximum Gasteiger partial charge on any atom is 0.130 e. The molecule has 0 saturated heterocycles. The Morgan fingerprint density at radius 2 is 1.75 bits per heavy atom. The number of hydrogen-bond donors (Lipinski definition) is 2. The van der Waals surface area contributed by atoms with E-state index in [1.807, 2.05) is 23.9 Å². The average molecular weight is 330 g/mol. The fourth-order valence-corrected chi connectivity index (χ4v) is 3.02. The van der Waals surface area contributed by atoms with Crippen molar-refractivity contribution in [3.63, 3.8) is 0 Å². The van der Waals surface area contributed by atoms with Crippen LogP contribution in [0.4, 0.5) is 5.82 Å².